The Kier molecular flexibility index (Phi) is 3.62. The van der Waals surface area contributed by atoms with Crippen molar-refractivity contribution in [3.05, 3.63) is 0 Å². The summed E-state index contributed by atoms with van der Waals surface area (Å²) >= 11 is 0. The Morgan fingerprint density at radius 3 is 3.00 bits per heavy atom. The number of carbonyl (C=O) groups excluding carboxylic acids is 1. The summed E-state index contributed by atoms with van der Waals surface area (Å²) in [6.45, 7) is 1.35. The normalized spacial score (nSPS) is 15.7. The van der Waals surface area contributed by atoms with E-state index >= 15 is 0 Å². The molecule has 1 amide bonds. The molecule has 0 saturated carbocycles. The number of oxime groups is 1. The summed E-state index contributed by atoms with van der Waals surface area (Å²) in [5, 5.41) is 14.4. The fourth-order valence-electron chi connectivity index (χ4n) is 1.03. The summed E-state index contributed by atoms with van der Waals surface area (Å²) in [7, 11) is 3.20. The average Bonchev–Trinajstić information content (AvgIpc) is 2.65. The maximum absolute atomic E-state index is 10.7. The quantitative estimate of drug-likeness (QED) is 0.379. The molecule has 1 heterocycles. The number of nitrogens with one attached hydrogen (secondary N) is 1. The Morgan fingerprint density at radius 1 is 1.80 bits per heavy atom. The van der Waals surface area contributed by atoms with Gasteiger partial charge in [0.05, 0.1) is 6.54 Å². The molecule has 0 atom stereocenters. The maximum Gasteiger partial charge on any atom is 0.433 e. The highest BCUT2D eigenvalue weighted by Gasteiger charge is 2.19. The molecule has 1 rings (SSSR count). The average molecular weight is 209 g/mol. The number of rotatable bonds is 2. The van der Waals surface area contributed by atoms with Crippen LogP contribution in [0.1, 0.15) is 0 Å². The molecule has 15 heavy (non-hydrogen) atoms. The zero-order valence-electron chi connectivity index (χ0n) is 8.52. The van der Waals surface area contributed by atoms with Gasteiger partial charge in [-0.15, -0.1) is 0 Å². The first-order valence-corrected chi connectivity index (χ1v) is 4.31. The largest absolute Gasteiger partial charge is 0.433 e. The van der Waals surface area contributed by atoms with Gasteiger partial charge < -0.3 is 10.2 Å². The van der Waals surface area contributed by atoms with E-state index in [4.69, 9.17) is 5.26 Å². The van der Waals surface area contributed by atoms with Crippen LogP contribution >= 0.6 is 0 Å². The zero-order valence-corrected chi connectivity index (χ0v) is 8.52. The Bertz CT molecular complexity index is 355. The highest BCUT2D eigenvalue weighted by atomic mass is 16.7. The highest BCUT2D eigenvalue weighted by Crippen LogP contribution is 2.00. The van der Waals surface area contributed by atoms with Gasteiger partial charge in [0.2, 0.25) is 5.71 Å². The van der Waals surface area contributed by atoms with Crippen LogP contribution in [-0.4, -0.2) is 49.7 Å². The zero-order chi connectivity index (χ0) is 11.3. The minimum absolute atomic E-state index is 0.00130. The number of nitrogens with zero attached hydrogens (tertiary/aromatic N) is 4. The number of hydrogen-bond acceptors (Lipinski definition) is 6. The second kappa shape index (κ2) is 4.95. The molecule has 0 aromatic heterocycles. The van der Waals surface area contributed by atoms with Gasteiger partial charge in [0.15, 0.2) is 5.84 Å². The third-order valence-corrected chi connectivity index (χ3v) is 1.80. The van der Waals surface area contributed by atoms with Crippen LogP contribution < -0.4 is 5.32 Å². The lowest BCUT2D eigenvalue weighted by Crippen LogP contribution is -2.29. The molecule has 0 spiro atoms. The molecule has 7 heteroatoms. The topological polar surface area (TPSA) is 90.1 Å². The van der Waals surface area contributed by atoms with Crippen LogP contribution in [0.2, 0.25) is 0 Å². The van der Waals surface area contributed by atoms with E-state index < -0.39 is 6.09 Å². The Hall–Kier alpha value is -2.10. The number of likely N-dealkylation sites (N-methyl/N-ethyl adjacent to an activating group) is 1. The first-order chi connectivity index (χ1) is 7.19. The summed E-state index contributed by atoms with van der Waals surface area (Å²) in [6.07, 6.45) is -0.719. The third kappa shape index (κ3) is 2.67. The van der Waals surface area contributed by atoms with Gasteiger partial charge in [0.25, 0.3) is 0 Å². The molecule has 1 N–H and O–H groups in total. The van der Waals surface area contributed by atoms with Crippen LogP contribution in [0, 0.1) is 11.3 Å². The lowest BCUT2D eigenvalue weighted by molar-refractivity contribution is 0.153. The third-order valence-electron chi connectivity index (χ3n) is 1.80. The molecular formula is C8H11N5O2. The van der Waals surface area contributed by atoms with Crippen molar-refractivity contribution in [3.8, 4) is 6.07 Å². The fraction of sp³-hybridized carbons (Fsp3) is 0.500. The lowest BCUT2D eigenvalue weighted by atomic mass is 10.3. The van der Waals surface area contributed by atoms with E-state index in [-0.39, 0.29) is 5.71 Å². The monoisotopic (exact) mass is 209 g/mol. The van der Waals surface area contributed by atoms with Crippen molar-refractivity contribution in [2.45, 2.75) is 0 Å². The first kappa shape index (κ1) is 11.0. The molecule has 1 aliphatic heterocycles. The van der Waals surface area contributed by atoms with E-state index in [0.717, 1.165) is 6.54 Å². The minimum atomic E-state index is -0.719. The van der Waals surface area contributed by atoms with Gasteiger partial charge in [-0.05, 0) is 0 Å². The Balaban J connectivity index is 2.72. The summed E-state index contributed by atoms with van der Waals surface area (Å²) in [5.41, 5.74) is -0.00130. The predicted octanol–water partition coefficient (Wildman–Crippen LogP) is -0.434. The van der Waals surface area contributed by atoms with Crippen LogP contribution in [0.15, 0.2) is 10.1 Å². The summed E-state index contributed by atoms with van der Waals surface area (Å²) in [5.74, 6) is 0.446. The van der Waals surface area contributed by atoms with Gasteiger partial charge in [-0.25, -0.2) is 4.79 Å². The van der Waals surface area contributed by atoms with Crippen LogP contribution in [-0.2, 0) is 4.84 Å². The van der Waals surface area contributed by atoms with E-state index in [2.05, 4.69) is 20.3 Å². The molecule has 80 valence electrons. The second-order valence-corrected chi connectivity index (χ2v) is 2.81. The van der Waals surface area contributed by atoms with Crippen molar-refractivity contribution < 1.29 is 9.63 Å². The molecule has 0 radical (unpaired) electrons. The van der Waals surface area contributed by atoms with Crippen molar-refractivity contribution in [3.63, 3.8) is 0 Å². The molecular weight excluding hydrogens is 198 g/mol. The smallest absolute Gasteiger partial charge is 0.356 e. The van der Waals surface area contributed by atoms with E-state index in [1.54, 1.807) is 11.9 Å². The van der Waals surface area contributed by atoms with Crippen molar-refractivity contribution in [2.75, 3.05) is 27.2 Å². The lowest BCUT2D eigenvalue weighted by Gasteiger charge is -2.10. The summed E-state index contributed by atoms with van der Waals surface area (Å²) < 4.78 is 0. The molecule has 0 aliphatic carbocycles. The van der Waals surface area contributed by atoms with Gasteiger partial charge in [-0.2, -0.15) is 5.26 Å². The van der Waals surface area contributed by atoms with Gasteiger partial charge in [0.1, 0.15) is 6.07 Å². The first-order valence-electron chi connectivity index (χ1n) is 4.31. The van der Waals surface area contributed by atoms with E-state index in [0.29, 0.717) is 12.4 Å². The molecule has 1 aliphatic rings. The van der Waals surface area contributed by atoms with Gasteiger partial charge >= 0.3 is 6.09 Å². The molecule has 7 nitrogen and oxygen atoms in total. The Labute approximate surface area is 87.0 Å². The van der Waals surface area contributed by atoms with Crippen LogP contribution in [0.3, 0.4) is 0 Å². The number of carbonyl (C=O) groups is 1. The highest BCUT2D eigenvalue weighted by molar-refractivity contribution is 6.47. The molecule has 0 saturated heterocycles. The van der Waals surface area contributed by atoms with Crippen LogP contribution in [0.4, 0.5) is 4.79 Å². The fourth-order valence-corrected chi connectivity index (χ4v) is 1.03. The molecule has 0 fully saturated rings. The Morgan fingerprint density at radius 2 is 2.53 bits per heavy atom. The summed E-state index contributed by atoms with van der Waals surface area (Å²) in [6, 6.07) is 1.83. The molecule has 0 aromatic carbocycles. The SMILES string of the molecule is CNC(=O)ON=C(C#N)C1=NCCN1C. The summed E-state index contributed by atoms with van der Waals surface area (Å²) in [4.78, 5) is 21.0. The van der Waals surface area contributed by atoms with Crippen molar-refractivity contribution in [2.24, 2.45) is 10.1 Å². The van der Waals surface area contributed by atoms with Gasteiger partial charge in [-0.3, -0.25) is 9.83 Å². The predicted molar refractivity (Wildman–Crippen MR) is 53.5 cm³/mol. The van der Waals surface area contributed by atoms with Crippen molar-refractivity contribution in [1.82, 2.24) is 10.2 Å². The standard InChI is InChI=1S/C8H11N5O2/c1-10-8(14)15-12-6(5-9)7-11-3-4-13(7)2/h3-4H2,1-2H3,(H,10,14). The van der Waals surface area contributed by atoms with Gasteiger partial charge in [-0.1, -0.05) is 5.16 Å². The van der Waals surface area contributed by atoms with Crippen molar-refractivity contribution in [1.29, 1.82) is 5.26 Å². The number of nitriles is 1. The number of amides is 1. The maximum atomic E-state index is 10.7. The molecule has 0 unspecified atom stereocenters. The van der Waals surface area contributed by atoms with E-state index in [1.165, 1.54) is 7.05 Å². The molecule has 0 aromatic rings. The van der Waals surface area contributed by atoms with Gasteiger partial charge in [0, 0.05) is 20.6 Å². The van der Waals surface area contributed by atoms with Crippen LogP contribution in [0.5, 0.6) is 0 Å². The minimum Gasteiger partial charge on any atom is -0.356 e. The molecule has 0 bridgehead atoms. The van der Waals surface area contributed by atoms with E-state index in [1.807, 2.05) is 6.07 Å². The number of amidine groups is 1. The number of aliphatic imine (C=N–C) groups is 1. The second-order valence-electron chi connectivity index (χ2n) is 2.81. The van der Waals surface area contributed by atoms with Crippen LogP contribution in [0.25, 0.3) is 0 Å². The number of hydrogen-bond donors (Lipinski definition) is 1. The van der Waals surface area contributed by atoms with E-state index in [9.17, 15) is 4.79 Å². The van der Waals surface area contributed by atoms with Crippen molar-refractivity contribution >= 4 is 17.6 Å².